The van der Waals surface area contributed by atoms with Crippen LogP contribution in [0.25, 0.3) is 0 Å². The molecule has 0 amide bonds. The van der Waals surface area contributed by atoms with Crippen LogP contribution in [-0.4, -0.2) is 11.7 Å². The summed E-state index contributed by atoms with van der Waals surface area (Å²) in [5.74, 6) is 0.758. The zero-order chi connectivity index (χ0) is 20.7. The molecule has 4 nitrogen and oxygen atoms in total. The highest BCUT2D eigenvalue weighted by Gasteiger charge is 2.03. The Labute approximate surface area is 176 Å². The van der Waals surface area contributed by atoms with Gasteiger partial charge in [-0.1, -0.05) is 82.4 Å². The van der Waals surface area contributed by atoms with E-state index in [1.54, 1.807) is 12.1 Å². The molecule has 1 N–H and O–H groups in total. The smallest absolute Gasteiger partial charge is 0.146 e. The number of aryl methyl sites for hydroxylation is 1. The third-order valence-corrected chi connectivity index (χ3v) is 5.02. The van der Waals surface area contributed by atoms with E-state index in [1.807, 2.05) is 37.3 Å². The first-order valence-corrected chi connectivity index (χ1v) is 11.1. The summed E-state index contributed by atoms with van der Waals surface area (Å²) in [6.45, 7) is 4.97. The molecule has 0 spiro atoms. The molecule has 0 saturated carbocycles. The highest BCUT2D eigenvalue weighted by atomic mass is 16.5. The molecule has 0 saturated heterocycles. The first-order valence-electron chi connectivity index (χ1n) is 11.1. The zero-order valence-corrected chi connectivity index (χ0v) is 18.1. The van der Waals surface area contributed by atoms with Crippen LogP contribution in [0.3, 0.4) is 0 Å². The molecule has 0 atom stereocenters. The molecule has 0 unspecified atom stereocenters. The lowest BCUT2D eigenvalue weighted by Crippen LogP contribution is -1.97. The van der Waals surface area contributed by atoms with E-state index in [2.05, 4.69) is 17.2 Å². The Bertz CT molecular complexity index is 726. The highest BCUT2D eigenvalue weighted by Crippen LogP contribution is 2.32. The van der Waals surface area contributed by atoms with Crippen molar-refractivity contribution in [1.29, 1.82) is 0 Å². The van der Waals surface area contributed by atoms with Gasteiger partial charge in [0.1, 0.15) is 17.2 Å². The number of unbranched alkanes of at least 4 members (excludes halogenated alkanes) is 9. The Kier molecular flexibility index (Phi) is 10.9. The number of phenols is 1. The Morgan fingerprint density at radius 2 is 1.38 bits per heavy atom. The first kappa shape index (κ1) is 22.9. The average Bonchev–Trinajstić information content (AvgIpc) is 2.72. The standard InChI is InChI=1S/C25H36N2O2/c1-3-4-5-6-7-8-9-10-11-12-19-29-23-17-18-24(25(28)20-23)27-26-22-15-13-21(2)14-16-22/h13-18,20,28H,3-12,19H2,1-2H3. The predicted molar refractivity (Wildman–Crippen MR) is 121 cm³/mol. The normalized spacial score (nSPS) is 11.2. The molecule has 0 bridgehead atoms. The number of rotatable bonds is 14. The van der Waals surface area contributed by atoms with Gasteiger partial charge < -0.3 is 9.84 Å². The van der Waals surface area contributed by atoms with Crippen LogP contribution in [0, 0.1) is 6.92 Å². The quantitative estimate of drug-likeness (QED) is 0.257. The summed E-state index contributed by atoms with van der Waals surface area (Å²) in [5, 5.41) is 18.4. The summed E-state index contributed by atoms with van der Waals surface area (Å²) < 4.78 is 5.76. The van der Waals surface area contributed by atoms with Gasteiger partial charge in [0.2, 0.25) is 0 Å². The number of aromatic hydroxyl groups is 1. The van der Waals surface area contributed by atoms with Gasteiger partial charge >= 0.3 is 0 Å². The van der Waals surface area contributed by atoms with Crippen molar-refractivity contribution in [2.24, 2.45) is 10.2 Å². The maximum Gasteiger partial charge on any atom is 0.146 e. The van der Waals surface area contributed by atoms with E-state index in [0.717, 1.165) is 12.1 Å². The van der Waals surface area contributed by atoms with Gasteiger partial charge in [-0.3, -0.25) is 0 Å². The van der Waals surface area contributed by atoms with Gasteiger partial charge in [0.05, 0.1) is 12.3 Å². The summed E-state index contributed by atoms with van der Waals surface area (Å²) >= 11 is 0. The molecule has 2 rings (SSSR count). The second-order valence-electron chi connectivity index (χ2n) is 7.72. The van der Waals surface area contributed by atoms with E-state index in [9.17, 15) is 5.11 Å². The summed E-state index contributed by atoms with van der Waals surface area (Å²) in [7, 11) is 0. The maximum atomic E-state index is 10.2. The van der Waals surface area contributed by atoms with E-state index in [1.165, 1.54) is 63.4 Å². The summed E-state index contributed by atoms with van der Waals surface area (Å²) in [4.78, 5) is 0. The maximum absolute atomic E-state index is 10.2. The fourth-order valence-corrected chi connectivity index (χ4v) is 3.18. The highest BCUT2D eigenvalue weighted by molar-refractivity contribution is 5.54. The van der Waals surface area contributed by atoms with Gasteiger partial charge in [-0.25, -0.2) is 0 Å². The van der Waals surface area contributed by atoms with Crippen molar-refractivity contribution >= 4 is 11.4 Å². The number of hydrogen-bond acceptors (Lipinski definition) is 4. The number of nitrogens with zero attached hydrogens (tertiary/aromatic N) is 2. The lowest BCUT2D eigenvalue weighted by Gasteiger charge is -2.07. The summed E-state index contributed by atoms with van der Waals surface area (Å²) in [5.41, 5.74) is 2.38. The Balaban J connectivity index is 1.62. The SMILES string of the molecule is CCCCCCCCCCCCOc1ccc(N=Nc2ccc(C)cc2)c(O)c1. The lowest BCUT2D eigenvalue weighted by molar-refractivity contribution is 0.302. The van der Waals surface area contributed by atoms with E-state index >= 15 is 0 Å². The number of phenolic OH excluding ortho intramolecular Hbond substituents is 1. The van der Waals surface area contributed by atoms with Crippen LogP contribution < -0.4 is 4.74 Å². The number of hydrogen-bond donors (Lipinski definition) is 1. The van der Waals surface area contributed by atoms with Crippen molar-refractivity contribution in [3.8, 4) is 11.5 Å². The third kappa shape index (κ3) is 9.60. The molecule has 2 aromatic rings. The van der Waals surface area contributed by atoms with Crippen molar-refractivity contribution in [2.75, 3.05) is 6.61 Å². The number of ether oxygens (including phenoxy) is 1. The monoisotopic (exact) mass is 396 g/mol. The first-order chi connectivity index (χ1) is 14.2. The minimum Gasteiger partial charge on any atom is -0.505 e. The second-order valence-corrected chi connectivity index (χ2v) is 7.72. The van der Waals surface area contributed by atoms with Crippen LogP contribution in [0.15, 0.2) is 52.7 Å². The minimum atomic E-state index is 0.0847. The lowest BCUT2D eigenvalue weighted by atomic mass is 10.1. The molecule has 29 heavy (non-hydrogen) atoms. The summed E-state index contributed by atoms with van der Waals surface area (Å²) in [6, 6.07) is 13.0. The second kappa shape index (κ2) is 13.8. The van der Waals surface area contributed by atoms with Gasteiger partial charge in [0, 0.05) is 6.07 Å². The van der Waals surface area contributed by atoms with Crippen LogP contribution in [0.4, 0.5) is 11.4 Å². The topological polar surface area (TPSA) is 54.2 Å². The molecule has 4 heteroatoms. The van der Waals surface area contributed by atoms with Crippen molar-refractivity contribution in [2.45, 2.75) is 78.1 Å². The van der Waals surface area contributed by atoms with Crippen LogP contribution >= 0.6 is 0 Å². The largest absolute Gasteiger partial charge is 0.505 e. The van der Waals surface area contributed by atoms with Crippen LogP contribution in [0.2, 0.25) is 0 Å². The fourth-order valence-electron chi connectivity index (χ4n) is 3.18. The van der Waals surface area contributed by atoms with Gasteiger partial charge in [-0.15, -0.1) is 5.11 Å². The number of benzene rings is 2. The average molecular weight is 397 g/mol. The molecule has 0 fully saturated rings. The molecule has 2 aromatic carbocycles. The van der Waals surface area contributed by atoms with Crippen LogP contribution in [0.5, 0.6) is 11.5 Å². The molecular weight excluding hydrogens is 360 g/mol. The molecule has 158 valence electrons. The molecule has 0 aromatic heterocycles. The Hall–Kier alpha value is -2.36. The van der Waals surface area contributed by atoms with Crippen molar-refractivity contribution in [3.63, 3.8) is 0 Å². The van der Waals surface area contributed by atoms with Gasteiger partial charge in [-0.05, 0) is 37.6 Å². The molecular formula is C25H36N2O2. The van der Waals surface area contributed by atoms with Gasteiger partial charge in [0.15, 0.2) is 0 Å². The Morgan fingerprint density at radius 3 is 2.00 bits per heavy atom. The fraction of sp³-hybridized carbons (Fsp3) is 0.520. The van der Waals surface area contributed by atoms with Crippen molar-refractivity contribution < 1.29 is 9.84 Å². The van der Waals surface area contributed by atoms with E-state index < -0.39 is 0 Å². The van der Waals surface area contributed by atoms with Gasteiger partial charge in [-0.2, -0.15) is 5.11 Å². The number of azo groups is 1. The molecule has 0 aliphatic carbocycles. The van der Waals surface area contributed by atoms with Crippen LogP contribution in [0.1, 0.15) is 76.7 Å². The molecule has 0 heterocycles. The van der Waals surface area contributed by atoms with E-state index in [4.69, 9.17) is 4.74 Å². The van der Waals surface area contributed by atoms with E-state index in [0.29, 0.717) is 18.0 Å². The zero-order valence-electron chi connectivity index (χ0n) is 18.1. The van der Waals surface area contributed by atoms with Crippen LogP contribution in [-0.2, 0) is 0 Å². The van der Waals surface area contributed by atoms with E-state index in [-0.39, 0.29) is 5.75 Å². The third-order valence-electron chi connectivity index (χ3n) is 5.02. The molecule has 0 radical (unpaired) electrons. The Morgan fingerprint density at radius 1 is 0.759 bits per heavy atom. The molecule has 0 aliphatic heterocycles. The molecule has 0 aliphatic rings. The van der Waals surface area contributed by atoms with Crippen molar-refractivity contribution in [1.82, 2.24) is 0 Å². The minimum absolute atomic E-state index is 0.0847. The van der Waals surface area contributed by atoms with Gasteiger partial charge in [0.25, 0.3) is 0 Å². The predicted octanol–water partition coefficient (Wildman–Crippen LogP) is 8.42. The summed E-state index contributed by atoms with van der Waals surface area (Å²) in [6.07, 6.45) is 13.1. The van der Waals surface area contributed by atoms with Crippen molar-refractivity contribution in [3.05, 3.63) is 48.0 Å².